The van der Waals surface area contributed by atoms with Gasteiger partial charge in [0.25, 0.3) is 0 Å². The molecule has 6 heteroatoms. The first kappa shape index (κ1) is 17.0. The van der Waals surface area contributed by atoms with Gasteiger partial charge in [-0.05, 0) is 48.6 Å². The molecule has 0 N–H and O–H groups in total. The summed E-state index contributed by atoms with van der Waals surface area (Å²) < 4.78 is 9.28. The Bertz CT molecular complexity index is 723. The number of hydrogen-bond donors (Lipinski definition) is 0. The van der Waals surface area contributed by atoms with E-state index in [1.165, 1.54) is 11.3 Å². The fourth-order valence-electron chi connectivity index (χ4n) is 3.07. The van der Waals surface area contributed by atoms with Gasteiger partial charge in [-0.1, -0.05) is 12.1 Å². The third-order valence-electron chi connectivity index (χ3n) is 4.44. The Balaban J connectivity index is 1.57. The molecule has 2 heterocycles. The van der Waals surface area contributed by atoms with Crippen molar-refractivity contribution in [2.24, 2.45) is 0 Å². The van der Waals surface area contributed by atoms with Gasteiger partial charge in [0, 0.05) is 31.2 Å². The number of aromatic nitrogens is 1. The summed E-state index contributed by atoms with van der Waals surface area (Å²) in [5.41, 5.74) is 2.42. The van der Waals surface area contributed by atoms with Crippen LogP contribution in [0.15, 0.2) is 48.8 Å². The Morgan fingerprint density at radius 3 is 2.24 bits per heavy atom. The number of pyridine rings is 1. The van der Waals surface area contributed by atoms with Crippen LogP contribution in [0.3, 0.4) is 0 Å². The van der Waals surface area contributed by atoms with Crippen molar-refractivity contribution in [1.29, 1.82) is 0 Å². The third-order valence-corrected chi connectivity index (χ3v) is 4.44. The second-order valence-electron chi connectivity index (χ2n) is 5.92. The summed E-state index contributed by atoms with van der Waals surface area (Å²) in [6, 6.07) is 11.4. The zero-order chi connectivity index (χ0) is 17.6. The van der Waals surface area contributed by atoms with Gasteiger partial charge in [0.05, 0.1) is 7.11 Å². The molecular weight excluding hydrogens is 320 g/mol. The van der Waals surface area contributed by atoms with E-state index in [9.17, 15) is 9.59 Å². The van der Waals surface area contributed by atoms with Crippen LogP contribution >= 0.6 is 0 Å². The van der Waals surface area contributed by atoms with Crippen molar-refractivity contribution in [2.75, 3.05) is 25.1 Å². The number of rotatable bonds is 3. The molecule has 1 aromatic carbocycles. The first-order chi connectivity index (χ1) is 12.2. The highest BCUT2D eigenvalue weighted by Gasteiger charge is 2.21. The highest BCUT2D eigenvalue weighted by atomic mass is 16.6. The zero-order valence-corrected chi connectivity index (χ0v) is 14.1. The van der Waals surface area contributed by atoms with Crippen LogP contribution in [0.1, 0.15) is 24.3 Å². The van der Waals surface area contributed by atoms with Crippen LogP contribution in [0, 0.1) is 0 Å². The SMILES string of the molecule is COC(=O)C(=O)Oc1ccc(C2CCN(c3ccncc3)CC2)cc1. The summed E-state index contributed by atoms with van der Waals surface area (Å²) >= 11 is 0. The number of hydrogen-bond acceptors (Lipinski definition) is 6. The summed E-state index contributed by atoms with van der Waals surface area (Å²) in [5.74, 6) is -1.20. The average Bonchev–Trinajstić information content (AvgIpc) is 2.68. The van der Waals surface area contributed by atoms with Crippen molar-refractivity contribution in [3.05, 3.63) is 54.4 Å². The monoisotopic (exact) mass is 340 g/mol. The molecule has 1 aliphatic rings. The lowest BCUT2D eigenvalue weighted by atomic mass is 9.89. The quantitative estimate of drug-likeness (QED) is 0.486. The lowest BCUT2D eigenvalue weighted by molar-refractivity contribution is -0.160. The van der Waals surface area contributed by atoms with Crippen molar-refractivity contribution < 1.29 is 19.1 Å². The minimum atomic E-state index is -1.01. The molecule has 0 saturated carbocycles. The first-order valence-electron chi connectivity index (χ1n) is 8.22. The van der Waals surface area contributed by atoms with Crippen LogP contribution < -0.4 is 9.64 Å². The van der Waals surface area contributed by atoms with E-state index in [0.717, 1.165) is 33.0 Å². The molecule has 0 bridgehead atoms. The molecule has 0 unspecified atom stereocenters. The minimum absolute atomic E-state index is 0.341. The summed E-state index contributed by atoms with van der Waals surface area (Å²) in [4.78, 5) is 28.9. The second kappa shape index (κ2) is 7.79. The molecule has 1 aliphatic heterocycles. The van der Waals surface area contributed by atoms with Crippen molar-refractivity contribution in [1.82, 2.24) is 4.98 Å². The molecule has 130 valence electrons. The Kier molecular flexibility index (Phi) is 5.28. The van der Waals surface area contributed by atoms with E-state index in [1.807, 2.05) is 36.7 Å². The molecule has 0 spiro atoms. The van der Waals surface area contributed by atoms with E-state index >= 15 is 0 Å². The second-order valence-corrected chi connectivity index (χ2v) is 5.92. The van der Waals surface area contributed by atoms with Gasteiger partial charge in [-0.15, -0.1) is 0 Å². The molecule has 0 radical (unpaired) electrons. The maximum atomic E-state index is 11.4. The van der Waals surface area contributed by atoms with Gasteiger partial charge in [-0.25, -0.2) is 9.59 Å². The highest BCUT2D eigenvalue weighted by molar-refractivity contribution is 6.30. The predicted molar refractivity (Wildman–Crippen MR) is 92.5 cm³/mol. The number of methoxy groups -OCH3 is 1. The molecule has 1 fully saturated rings. The molecule has 3 rings (SSSR count). The topological polar surface area (TPSA) is 68.7 Å². The van der Waals surface area contributed by atoms with E-state index in [2.05, 4.69) is 14.6 Å². The third kappa shape index (κ3) is 4.15. The average molecular weight is 340 g/mol. The maximum Gasteiger partial charge on any atom is 0.422 e. The van der Waals surface area contributed by atoms with Crippen molar-refractivity contribution >= 4 is 17.6 Å². The molecule has 0 atom stereocenters. The molecular formula is C19H20N2O4. The van der Waals surface area contributed by atoms with Gasteiger partial charge in [-0.2, -0.15) is 0 Å². The molecule has 25 heavy (non-hydrogen) atoms. The number of anilines is 1. The summed E-state index contributed by atoms with van der Waals surface area (Å²) in [6.45, 7) is 1.99. The number of carbonyl (C=O) groups excluding carboxylic acids is 2. The lowest BCUT2D eigenvalue weighted by Gasteiger charge is -2.33. The van der Waals surface area contributed by atoms with E-state index in [-0.39, 0.29) is 0 Å². The number of carbonyl (C=O) groups is 2. The summed E-state index contributed by atoms with van der Waals surface area (Å²) in [5, 5.41) is 0. The van der Waals surface area contributed by atoms with Gasteiger partial charge < -0.3 is 14.4 Å². The van der Waals surface area contributed by atoms with E-state index in [1.54, 1.807) is 12.1 Å². The van der Waals surface area contributed by atoms with Crippen LogP contribution in [0.25, 0.3) is 0 Å². The van der Waals surface area contributed by atoms with Crippen molar-refractivity contribution in [2.45, 2.75) is 18.8 Å². The minimum Gasteiger partial charge on any atom is -0.461 e. The Labute approximate surface area is 146 Å². The Morgan fingerprint density at radius 1 is 1.00 bits per heavy atom. The zero-order valence-electron chi connectivity index (χ0n) is 14.1. The van der Waals surface area contributed by atoms with Crippen LogP contribution in [0.4, 0.5) is 5.69 Å². The maximum absolute atomic E-state index is 11.4. The van der Waals surface area contributed by atoms with Crippen molar-refractivity contribution in [3.63, 3.8) is 0 Å². The van der Waals surface area contributed by atoms with E-state index in [0.29, 0.717) is 11.7 Å². The van der Waals surface area contributed by atoms with Gasteiger partial charge in [0.15, 0.2) is 0 Å². The van der Waals surface area contributed by atoms with Crippen LogP contribution in [0.2, 0.25) is 0 Å². The fourth-order valence-corrected chi connectivity index (χ4v) is 3.07. The number of benzene rings is 1. The predicted octanol–water partition coefficient (Wildman–Crippen LogP) is 2.54. The summed E-state index contributed by atoms with van der Waals surface area (Å²) in [7, 11) is 1.14. The van der Waals surface area contributed by atoms with Crippen LogP contribution in [-0.2, 0) is 14.3 Å². The number of esters is 2. The number of ether oxygens (including phenoxy) is 2. The normalized spacial score (nSPS) is 14.8. The molecule has 6 nitrogen and oxygen atoms in total. The fraction of sp³-hybridized carbons (Fsp3) is 0.316. The Morgan fingerprint density at radius 2 is 1.64 bits per heavy atom. The van der Waals surface area contributed by atoms with E-state index in [4.69, 9.17) is 4.74 Å². The van der Waals surface area contributed by atoms with Gasteiger partial charge in [-0.3, -0.25) is 4.98 Å². The van der Waals surface area contributed by atoms with Gasteiger partial charge in [0.1, 0.15) is 5.75 Å². The molecule has 2 aromatic rings. The summed E-state index contributed by atoms with van der Waals surface area (Å²) in [6.07, 6.45) is 5.75. The molecule has 1 aromatic heterocycles. The highest BCUT2D eigenvalue weighted by Crippen LogP contribution is 2.31. The van der Waals surface area contributed by atoms with Gasteiger partial charge in [0.2, 0.25) is 0 Å². The van der Waals surface area contributed by atoms with Gasteiger partial charge >= 0.3 is 11.9 Å². The smallest absolute Gasteiger partial charge is 0.422 e. The first-order valence-corrected chi connectivity index (χ1v) is 8.22. The van der Waals surface area contributed by atoms with Crippen LogP contribution in [-0.4, -0.2) is 37.1 Å². The number of nitrogens with zero attached hydrogens (tertiary/aromatic N) is 2. The largest absolute Gasteiger partial charge is 0.461 e. The Hall–Kier alpha value is -2.89. The molecule has 1 saturated heterocycles. The standard InChI is InChI=1S/C19H20N2O4/c1-24-18(22)19(23)25-17-4-2-14(3-5-17)15-8-12-21(13-9-15)16-6-10-20-11-7-16/h2-7,10-11,15H,8-9,12-13H2,1H3. The van der Waals surface area contributed by atoms with Crippen molar-refractivity contribution in [3.8, 4) is 5.75 Å². The molecule has 0 aliphatic carbocycles. The van der Waals surface area contributed by atoms with Crippen LogP contribution in [0.5, 0.6) is 5.75 Å². The lowest BCUT2D eigenvalue weighted by Crippen LogP contribution is -2.32. The number of piperidine rings is 1. The molecule has 0 amide bonds. The van der Waals surface area contributed by atoms with E-state index < -0.39 is 11.9 Å².